The maximum absolute atomic E-state index is 13.2. The Bertz CT molecular complexity index is 1100. The van der Waals surface area contributed by atoms with E-state index in [0.29, 0.717) is 19.4 Å². The predicted octanol–water partition coefficient (Wildman–Crippen LogP) is 4.55. The van der Waals surface area contributed by atoms with Gasteiger partial charge in [-0.3, -0.25) is 9.59 Å². The maximum Gasteiger partial charge on any atom is 0.407 e. The minimum atomic E-state index is -0.845. The molecule has 2 unspecified atom stereocenters. The van der Waals surface area contributed by atoms with E-state index in [0.717, 1.165) is 30.4 Å². The standard InChI is InChI=1S/C28H32N2O5/c1-2-24-22(26(32)33)12-15-30(24)25(31)16-28(13-7-14-28)29-27(34)35-17-23-20-10-5-3-8-18(20)19-9-4-6-11-21(19)23/h3-6,8-11,22-24H,2,7,12-17H2,1H3,(H,29,34)(H,32,33). The van der Waals surface area contributed by atoms with Crippen molar-refractivity contribution in [1.29, 1.82) is 0 Å². The van der Waals surface area contributed by atoms with Crippen LogP contribution in [0.2, 0.25) is 0 Å². The van der Waals surface area contributed by atoms with E-state index in [4.69, 9.17) is 4.74 Å². The van der Waals surface area contributed by atoms with Crippen molar-refractivity contribution in [3.8, 4) is 11.1 Å². The lowest BCUT2D eigenvalue weighted by atomic mass is 9.74. The number of aliphatic carboxylic acids is 1. The Hall–Kier alpha value is -3.35. The maximum atomic E-state index is 13.2. The molecule has 0 bridgehead atoms. The number of carboxylic acids is 1. The van der Waals surface area contributed by atoms with E-state index in [2.05, 4.69) is 29.6 Å². The van der Waals surface area contributed by atoms with Gasteiger partial charge in [-0.15, -0.1) is 0 Å². The number of hydrogen-bond acceptors (Lipinski definition) is 4. The van der Waals surface area contributed by atoms with Gasteiger partial charge in [-0.1, -0.05) is 55.5 Å². The van der Waals surface area contributed by atoms with Crippen molar-refractivity contribution in [2.24, 2.45) is 5.92 Å². The van der Waals surface area contributed by atoms with Gasteiger partial charge >= 0.3 is 12.1 Å². The molecule has 7 heteroatoms. The molecule has 0 spiro atoms. The van der Waals surface area contributed by atoms with Crippen molar-refractivity contribution in [1.82, 2.24) is 10.2 Å². The van der Waals surface area contributed by atoms with Crippen LogP contribution in [0.15, 0.2) is 48.5 Å². The van der Waals surface area contributed by atoms with Gasteiger partial charge in [0, 0.05) is 18.5 Å². The summed E-state index contributed by atoms with van der Waals surface area (Å²) in [6.07, 6.45) is 3.14. The molecule has 35 heavy (non-hydrogen) atoms. The second-order valence-electron chi connectivity index (χ2n) is 10.1. The number of ether oxygens (including phenoxy) is 1. The van der Waals surface area contributed by atoms with Gasteiger partial charge in [0.2, 0.25) is 5.91 Å². The summed E-state index contributed by atoms with van der Waals surface area (Å²) in [7, 11) is 0. The zero-order valence-corrected chi connectivity index (χ0v) is 20.0. The second kappa shape index (κ2) is 9.36. The van der Waals surface area contributed by atoms with Gasteiger partial charge in [0.05, 0.1) is 17.9 Å². The highest BCUT2D eigenvalue weighted by Crippen LogP contribution is 2.44. The summed E-state index contributed by atoms with van der Waals surface area (Å²) in [4.78, 5) is 39.3. The highest BCUT2D eigenvalue weighted by atomic mass is 16.5. The van der Waals surface area contributed by atoms with Crippen molar-refractivity contribution in [3.05, 3.63) is 59.7 Å². The second-order valence-corrected chi connectivity index (χ2v) is 10.1. The Balaban J connectivity index is 1.22. The van der Waals surface area contributed by atoms with Crippen molar-refractivity contribution < 1.29 is 24.2 Å². The molecule has 0 aromatic heterocycles. The van der Waals surface area contributed by atoms with Crippen LogP contribution >= 0.6 is 0 Å². The number of hydrogen-bond donors (Lipinski definition) is 2. The molecule has 0 radical (unpaired) electrons. The number of fused-ring (bicyclic) bond motifs is 3. The fourth-order valence-electron chi connectivity index (χ4n) is 6.15. The van der Waals surface area contributed by atoms with E-state index in [-0.39, 0.29) is 30.9 Å². The number of carbonyl (C=O) groups is 3. The van der Waals surface area contributed by atoms with Gasteiger partial charge in [-0.2, -0.15) is 0 Å². The van der Waals surface area contributed by atoms with E-state index in [1.54, 1.807) is 4.90 Å². The molecule has 1 saturated carbocycles. The average Bonchev–Trinajstić information content (AvgIpc) is 3.41. The van der Waals surface area contributed by atoms with Crippen LogP contribution in [-0.2, 0) is 14.3 Å². The highest BCUT2D eigenvalue weighted by molar-refractivity contribution is 5.82. The lowest BCUT2D eigenvalue weighted by Crippen LogP contribution is -2.56. The van der Waals surface area contributed by atoms with Crippen LogP contribution in [0.4, 0.5) is 4.79 Å². The zero-order chi connectivity index (χ0) is 24.6. The third kappa shape index (κ3) is 4.28. The third-order valence-electron chi connectivity index (χ3n) is 8.11. The van der Waals surface area contributed by atoms with E-state index in [1.165, 1.54) is 11.1 Å². The Labute approximate surface area is 205 Å². The molecular formula is C28H32N2O5. The van der Waals surface area contributed by atoms with Crippen LogP contribution in [0, 0.1) is 5.92 Å². The molecule has 2 fully saturated rings. The molecule has 1 heterocycles. The lowest BCUT2D eigenvalue weighted by Gasteiger charge is -2.43. The summed E-state index contributed by atoms with van der Waals surface area (Å²) in [5.41, 5.74) is 4.05. The number of nitrogens with zero attached hydrogens (tertiary/aromatic N) is 1. The summed E-state index contributed by atoms with van der Waals surface area (Å²) in [6.45, 7) is 2.60. The molecule has 2 atom stereocenters. The Kier molecular flexibility index (Phi) is 6.26. The molecule has 7 nitrogen and oxygen atoms in total. The summed E-state index contributed by atoms with van der Waals surface area (Å²) in [6, 6.07) is 16.1. The number of carbonyl (C=O) groups excluding carboxylic acids is 2. The molecule has 1 saturated heterocycles. The van der Waals surface area contributed by atoms with Gasteiger partial charge in [0.15, 0.2) is 0 Å². The van der Waals surface area contributed by atoms with Crippen LogP contribution in [0.5, 0.6) is 0 Å². The number of benzene rings is 2. The predicted molar refractivity (Wildman–Crippen MR) is 131 cm³/mol. The SMILES string of the molecule is CCC1C(C(=O)O)CCN1C(=O)CC1(NC(=O)OCC2c3ccccc3-c3ccccc32)CCC1. The molecule has 3 aliphatic rings. The van der Waals surface area contributed by atoms with Gasteiger partial charge in [-0.25, -0.2) is 4.79 Å². The fraction of sp³-hybridized carbons (Fsp3) is 0.464. The van der Waals surface area contributed by atoms with Crippen LogP contribution in [0.3, 0.4) is 0 Å². The Morgan fingerprint density at radius 3 is 2.23 bits per heavy atom. The molecule has 184 valence electrons. The first kappa shape index (κ1) is 23.4. The molecule has 2 amide bonds. The Morgan fingerprint density at radius 2 is 1.69 bits per heavy atom. The first-order valence-electron chi connectivity index (χ1n) is 12.6. The van der Waals surface area contributed by atoms with E-state index in [9.17, 15) is 19.5 Å². The van der Waals surface area contributed by atoms with E-state index < -0.39 is 23.5 Å². The molecule has 1 aliphatic heterocycles. The average molecular weight is 477 g/mol. The molecule has 2 aromatic rings. The third-order valence-corrected chi connectivity index (χ3v) is 8.11. The van der Waals surface area contributed by atoms with Crippen LogP contribution < -0.4 is 5.32 Å². The summed E-state index contributed by atoms with van der Waals surface area (Å²) >= 11 is 0. The monoisotopic (exact) mass is 476 g/mol. The van der Waals surface area contributed by atoms with Crippen molar-refractivity contribution in [3.63, 3.8) is 0 Å². The molecular weight excluding hydrogens is 444 g/mol. The summed E-state index contributed by atoms with van der Waals surface area (Å²) in [5, 5.41) is 12.5. The summed E-state index contributed by atoms with van der Waals surface area (Å²) < 4.78 is 5.72. The van der Waals surface area contributed by atoms with Crippen molar-refractivity contribution in [2.45, 2.75) is 62.9 Å². The number of nitrogens with one attached hydrogen (secondary N) is 1. The Morgan fingerprint density at radius 1 is 1.06 bits per heavy atom. The molecule has 5 rings (SSSR count). The van der Waals surface area contributed by atoms with Crippen LogP contribution in [0.25, 0.3) is 11.1 Å². The van der Waals surface area contributed by atoms with Gasteiger partial charge < -0.3 is 20.1 Å². The highest BCUT2D eigenvalue weighted by Gasteiger charge is 2.45. The van der Waals surface area contributed by atoms with E-state index in [1.807, 2.05) is 31.2 Å². The number of carboxylic acid groups (broad SMARTS) is 1. The molecule has 2 N–H and O–H groups in total. The smallest absolute Gasteiger partial charge is 0.407 e. The first-order chi connectivity index (χ1) is 16.9. The minimum absolute atomic E-state index is 0.0185. The molecule has 2 aromatic carbocycles. The fourth-order valence-corrected chi connectivity index (χ4v) is 6.15. The normalized spacial score (nSPS) is 22.1. The molecule has 2 aliphatic carbocycles. The number of rotatable bonds is 7. The van der Waals surface area contributed by atoms with Crippen LogP contribution in [-0.4, -0.2) is 52.7 Å². The first-order valence-corrected chi connectivity index (χ1v) is 12.6. The van der Waals surface area contributed by atoms with E-state index >= 15 is 0 Å². The minimum Gasteiger partial charge on any atom is -0.481 e. The number of alkyl carbamates (subject to hydrolysis) is 1. The topological polar surface area (TPSA) is 95.9 Å². The largest absolute Gasteiger partial charge is 0.481 e. The van der Waals surface area contributed by atoms with Crippen LogP contribution in [0.1, 0.15) is 62.5 Å². The number of likely N-dealkylation sites (tertiary alicyclic amines) is 1. The number of amides is 2. The summed E-state index contributed by atoms with van der Waals surface area (Å²) in [5.74, 6) is -1.46. The van der Waals surface area contributed by atoms with Gasteiger partial charge in [0.1, 0.15) is 6.61 Å². The van der Waals surface area contributed by atoms with Gasteiger partial charge in [0.25, 0.3) is 0 Å². The lowest BCUT2D eigenvalue weighted by molar-refractivity contribution is -0.143. The van der Waals surface area contributed by atoms with Crippen molar-refractivity contribution in [2.75, 3.05) is 13.2 Å². The zero-order valence-electron chi connectivity index (χ0n) is 20.0. The van der Waals surface area contributed by atoms with Gasteiger partial charge in [-0.05, 0) is 54.4 Å². The van der Waals surface area contributed by atoms with Crippen molar-refractivity contribution >= 4 is 18.0 Å². The quantitative estimate of drug-likeness (QED) is 0.611.